The maximum absolute atomic E-state index is 12.2. The van der Waals surface area contributed by atoms with Crippen LogP contribution in [0.25, 0.3) is 0 Å². The lowest BCUT2D eigenvalue weighted by atomic mass is 9.97. The van der Waals surface area contributed by atoms with E-state index in [-0.39, 0.29) is 17.7 Å². The van der Waals surface area contributed by atoms with Gasteiger partial charge in [-0.1, -0.05) is 19.0 Å². The molecule has 0 aliphatic carbocycles. The lowest BCUT2D eigenvalue weighted by molar-refractivity contribution is -0.150. The molecule has 0 saturated carbocycles. The van der Waals surface area contributed by atoms with Crippen LogP contribution in [0.2, 0.25) is 0 Å². The number of nitrogens with one attached hydrogen (secondary N) is 1. The van der Waals surface area contributed by atoms with Crippen molar-refractivity contribution in [3.8, 4) is 0 Å². The maximum atomic E-state index is 12.2. The molecule has 2 atom stereocenters. The predicted molar refractivity (Wildman–Crippen MR) is 65.9 cm³/mol. The minimum absolute atomic E-state index is 0.0571. The highest BCUT2D eigenvalue weighted by atomic mass is 16.5. The second kappa shape index (κ2) is 5.38. The van der Waals surface area contributed by atoms with Gasteiger partial charge in [-0.25, -0.2) is 0 Å². The molecular formula is C12H18N4O3. The summed E-state index contributed by atoms with van der Waals surface area (Å²) in [7, 11) is 0. The first-order valence-corrected chi connectivity index (χ1v) is 6.36. The number of carbonyl (C=O) groups is 2. The van der Waals surface area contributed by atoms with Crippen molar-refractivity contribution in [2.24, 2.45) is 5.92 Å². The van der Waals surface area contributed by atoms with Crippen LogP contribution in [0.1, 0.15) is 26.6 Å². The van der Waals surface area contributed by atoms with Crippen molar-refractivity contribution in [3.63, 3.8) is 0 Å². The fraction of sp³-hybridized carbons (Fsp3) is 0.667. The summed E-state index contributed by atoms with van der Waals surface area (Å²) in [4.78, 5) is 29.7. The third kappa shape index (κ3) is 2.74. The molecule has 2 unspecified atom stereocenters. The molecule has 1 aliphatic heterocycles. The van der Waals surface area contributed by atoms with E-state index in [1.165, 1.54) is 6.39 Å². The van der Waals surface area contributed by atoms with E-state index < -0.39 is 12.1 Å². The molecule has 1 aromatic rings. The standard InChI is InChI=1S/C12H18N4O3/c1-7(2)10-11(17)14-8(3)12(18)16(10)5-4-9-13-6-19-15-9/h6-8,10H,4-5H2,1-3H3,(H,14,17). The average molecular weight is 266 g/mol. The Morgan fingerprint density at radius 1 is 1.47 bits per heavy atom. The van der Waals surface area contributed by atoms with Gasteiger partial charge < -0.3 is 14.7 Å². The van der Waals surface area contributed by atoms with Crippen molar-refractivity contribution in [1.29, 1.82) is 0 Å². The first-order chi connectivity index (χ1) is 9.00. The quantitative estimate of drug-likeness (QED) is 0.827. The van der Waals surface area contributed by atoms with E-state index in [2.05, 4.69) is 20.0 Å². The Kier molecular flexibility index (Phi) is 3.82. The van der Waals surface area contributed by atoms with E-state index in [0.717, 1.165) is 0 Å². The van der Waals surface area contributed by atoms with Gasteiger partial charge in [-0.2, -0.15) is 4.98 Å². The summed E-state index contributed by atoms with van der Waals surface area (Å²) >= 11 is 0. The van der Waals surface area contributed by atoms with Crippen molar-refractivity contribution in [1.82, 2.24) is 20.4 Å². The van der Waals surface area contributed by atoms with Crippen LogP contribution in [0.4, 0.5) is 0 Å². The largest absolute Gasteiger partial charge is 0.343 e. The zero-order chi connectivity index (χ0) is 14.0. The van der Waals surface area contributed by atoms with Gasteiger partial charge in [-0.15, -0.1) is 0 Å². The van der Waals surface area contributed by atoms with E-state index >= 15 is 0 Å². The van der Waals surface area contributed by atoms with Crippen molar-refractivity contribution in [3.05, 3.63) is 12.2 Å². The third-order valence-corrected chi connectivity index (χ3v) is 3.23. The SMILES string of the molecule is CC1NC(=O)C(C(C)C)N(CCc2ncon2)C1=O. The first kappa shape index (κ1) is 13.5. The molecule has 0 aromatic carbocycles. The average Bonchev–Trinajstić information content (AvgIpc) is 2.84. The van der Waals surface area contributed by atoms with Gasteiger partial charge in [0.15, 0.2) is 5.82 Å². The second-order valence-electron chi connectivity index (χ2n) is 5.05. The summed E-state index contributed by atoms with van der Waals surface area (Å²) in [6, 6.07) is -0.914. The molecule has 19 heavy (non-hydrogen) atoms. The number of carbonyl (C=O) groups excluding carboxylic acids is 2. The molecule has 2 amide bonds. The summed E-state index contributed by atoms with van der Waals surface area (Å²) in [6.07, 6.45) is 1.73. The van der Waals surface area contributed by atoms with E-state index in [0.29, 0.717) is 18.8 Å². The summed E-state index contributed by atoms with van der Waals surface area (Å²) < 4.78 is 4.65. The Bertz CT molecular complexity index is 458. The van der Waals surface area contributed by atoms with Crippen molar-refractivity contribution < 1.29 is 14.1 Å². The predicted octanol–water partition coefficient (Wildman–Crippen LogP) is -0.0164. The van der Waals surface area contributed by atoms with Crippen LogP contribution < -0.4 is 5.32 Å². The molecule has 0 spiro atoms. The molecule has 104 valence electrons. The molecule has 7 heteroatoms. The fourth-order valence-corrected chi connectivity index (χ4v) is 2.32. The van der Waals surface area contributed by atoms with Crippen molar-refractivity contribution in [2.75, 3.05) is 6.54 Å². The number of hydrogen-bond acceptors (Lipinski definition) is 5. The molecule has 1 aromatic heterocycles. The molecule has 2 rings (SSSR count). The number of hydrogen-bond donors (Lipinski definition) is 1. The highest BCUT2D eigenvalue weighted by Gasteiger charge is 2.39. The Hall–Kier alpha value is -1.92. The van der Waals surface area contributed by atoms with Crippen LogP contribution in [0.15, 0.2) is 10.9 Å². The van der Waals surface area contributed by atoms with Gasteiger partial charge >= 0.3 is 0 Å². The summed E-state index contributed by atoms with van der Waals surface area (Å²) in [6.45, 7) is 5.96. The van der Waals surface area contributed by atoms with Gasteiger partial charge in [0.1, 0.15) is 12.1 Å². The molecule has 1 N–H and O–H groups in total. The number of aromatic nitrogens is 2. The minimum Gasteiger partial charge on any atom is -0.343 e. The van der Waals surface area contributed by atoms with Gasteiger partial charge in [-0.3, -0.25) is 9.59 Å². The zero-order valence-electron chi connectivity index (χ0n) is 11.3. The number of rotatable bonds is 4. The fourth-order valence-electron chi connectivity index (χ4n) is 2.32. The normalized spacial score (nSPS) is 23.9. The minimum atomic E-state index is -0.479. The van der Waals surface area contributed by atoms with Crippen LogP contribution in [0.3, 0.4) is 0 Å². The second-order valence-corrected chi connectivity index (χ2v) is 5.05. The van der Waals surface area contributed by atoms with E-state index in [4.69, 9.17) is 0 Å². The molecule has 7 nitrogen and oxygen atoms in total. The van der Waals surface area contributed by atoms with Crippen LogP contribution in [0.5, 0.6) is 0 Å². The van der Waals surface area contributed by atoms with Crippen LogP contribution in [0, 0.1) is 5.92 Å². The molecule has 1 saturated heterocycles. The summed E-state index contributed by atoms with van der Waals surface area (Å²) in [5.74, 6) is 0.424. The van der Waals surface area contributed by atoms with Crippen molar-refractivity contribution in [2.45, 2.75) is 39.3 Å². The monoisotopic (exact) mass is 266 g/mol. The lowest BCUT2D eigenvalue weighted by Gasteiger charge is -2.39. The summed E-state index contributed by atoms with van der Waals surface area (Å²) in [5.41, 5.74) is 0. The van der Waals surface area contributed by atoms with Crippen LogP contribution in [-0.4, -0.2) is 45.5 Å². The highest BCUT2D eigenvalue weighted by molar-refractivity contribution is 5.96. The molecule has 0 bridgehead atoms. The third-order valence-electron chi connectivity index (χ3n) is 3.23. The maximum Gasteiger partial charge on any atom is 0.245 e. The molecule has 0 radical (unpaired) electrons. The number of nitrogens with zero attached hydrogens (tertiary/aromatic N) is 3. The van der Waals surface area contributed by atoms with E-state index in [1.54, 1.807) is 11.8 Å². The highest BCUT2D eigenvalue weighted by Crippen LogP contribution is 2.17. The topological polar surface area (TPSA) is 88.3 Å². The van der Waals surface area contributed by atoms with Crippen molar-refractivity contribution >= 4 is 11.8 Å². The first-order valence-electron chi connectivity index (χ1n) is 6.36. The van der Waals surface area contributed by atoms with Crippen LogP contribution in [-0.2, 0) is 16.0 Å². The van der Waals surface area contributed by atoms with E-state index in [1.807, 2.05) is 13.8 Å². The van der Waals surface area contributed by atoms with Crippen LogP contribution >= 0.6 is 0 Å². The summed E-state index contributed by atoms with van der Waals surface area (Å²) in [5, 5.41) is 6.41. The van der Waals surface area contributed by atoms with Gasteiger partial charge in [0, 0.05) is 13.0 Å². The van der Waals surface area contributed by atoms with Gasteiger partial charge in [0.2, 0.25) is 18.2 Å². The Labute approximate surface area is 111 Å². The van der Waals surface area contributed by atoms with Gasteiger partial charge in [0.25, 0.3) is 0 Å². The molecule has 1 aliphatic rings. The molecule has 2 heterocycles. The Morgan fingerprint density at radius 3 is 2.79 bits per heavy atom. The lowest BCUT2D eigenvalue weighted by Crippen LogP contribution is -2.64. The Morgan fingerprint density at radius 2 is 2.21 bits per heavy atom. The number of amides is 2. The van der Waals surface area contributed by atoms with Gasteiger partial charge in [-0.05, 0) is 12.8 Å². The number of piperazine rings is 1. The molecule has 1 fully saturated rings. The van der Waals surface area contributed by atoms with E-state index in [9.17, 15) is 9.59 Å². The van der Waals surface area contributed by atoms with Gasteiger partial charge in [0.05, 0.1) is 0 Å². The Balaban J connectivity index is 2.11. The zero-order valence-corrected chi connectivity index (χ0v) is 11.3. The smallest absolute Gasteiger partial charge is 0.245 e. The molecular weight excluding hydrogens is 248 g/mol.